The zero-order valence-corrected chi connectivity index (χ0v) is 17.3. The average Bonchev–Trinajstić information content (AvgIpc) is 2.65. The molecule has 0 aliphatic rings. The largest absolute Gasteiger partial charge is 0.143 e. The molecule has 0 bridgehead atoms. The molecule has 0 heterocycles. The first-order valence-corrected chi connectivity index (χ1v) is 9.71. The van der Waals surface area contributed by atoms with Crippen molar-refractivity contribution in [2.45, 2.75) is 32.6 Å². The third-order valence-corrected chi connectivity index (χ3v) is 5.09. The normalized spacial score (nSPS) is 10.4. The Hall–Kier alpha value is -2.51. The van der Waals surface area contributed by atoms with Gasteiger partial charge in [0.05, 0.1) is 0 Å². The van der Waals surface area contributed by atoms with Crippen molar-refractivity contribution < 1.29 is 0 Å². The van der Waals surface area contributed by atoms with E-state index in [1.807, 2.05) is 6.07 Å². The van der Waals surface area contributed by atoms with E-state index in [1.165, 1.54) is 44.2 Å². The van der Waals surface area contributed by atoms with Crippen LogP contribution in [0.25, 0.3) is 21.9 Å². The van der Waals surface area contributed by atoms with Crippen LogP contribution in [0.2, 0.25) is 0 Å². The molecule has 4 rings (SSSR count). The number of thiol groups is 1. The second-order valence-corrected chi connectivity index (χ2v) is 7.68. The smallest absolute Gasteiger partial charge is 0.00463 e. The van der Waals surface area contributed by atoms with Crippen LogP contribution in [-0.2, 0) is 0 Å². The molecule has 0 aliphatic heterocycles. The molecule has 0 saturated heterocycles. The lowest BCUT2D eigenvalue weighted by Crippen LogP contribution is -1.87. The molecular formula is C26H26S. The molecule has 0 aromatic heterocycles. The van der Waals surface area contributed by atoms with Gasteiger partial charge in [-0.3, -0.25) is 0 Å². The van der Waals surface area contributed by atoms with Crippen molar-refractivity contribution in [1.82, 2.24) is 0 Å². The Balaban J connectivity index is 0.000000159. The fraction of sp³-hybridized carbons (Fsp3) is 0.154. The molecule has 0 spiro atoms. The number of hydrogen-bond donors (Lipinski definition) is 1. The lowest BCUT2D eigenvalue weighted by molar-refractivity contribution is 1.37. The topological polar surface area (TPSA) is 0 Å². The van der Waals surface area contributed by atoms with Gasteiger partial charge in [-0.2, -0.15) is 0 Å². The zero-order chi connectivity index (χ0) is 19.4. The molecule has 0 atom stereocenters. The van der Waals surface area contributed by atoms with Gasteiger partial charge in [-0.15, -0.1) is 12.6 Å². The summed E-state index contributed by atoms with van der Waals surface area (Å²) < 4.78 is 0. The van der Waals surface area contributed by atoms with Gasteiger partial charge in [0.15, 0.2) is 0 Å². The lowest BCUT2D eigenvalue weighted by Gasteiger charge is -2.09. The Morgan fingerprint density at radius 3 is 1.89 bits per heavy atom. The number of benzene rings is 4. The van der Waals surface area contributed by atoms with E-state index in [4.69, 9.17) is 0 Å². The van der Waals surface area contributed by atoms with Crippen molar-refractivity contribution in [2.24, 2.45) is 0 Å². The molecule has 1 heteroatoms. The first-order chi connectivity index (χ1) is 12.9. The molecule has 0 radical (unpaired) electrons. The summed E-state index contributed by atoms with van der Waals surface area (Å²) in [6, 6.07) is 27.8. The summed E-state index contributed by atoms with van der Waals surface area (Å²) in [6.07, 6.45) is 0. The van der Waals surface area contributed by atoms with Crippen molar-refractivity contribution in [3.8, 4) is 11.1 Å². The minimum absolute atomic E-state index is 1.02. The van der Waals surface area contributed by atoms with Gasteiger partial charge in [0, 0.05) is 4.90 Å². The maximum Gasteiger partial charge on any atom is 0.00463 e. The number of fused-ring (bicyclic) bond motifs is 1. The standard InChI is InChI=1S/C15H16.C11H10S/c1-11-8-9-13(3)15(10-11)14-7-5-4-6-12(14)2;1-8-2-3-10-7-11(12)5-4-9(10)6-8/h4-10H,1-3H3;2-7,12H,1H3. The Morgan fingerprint density at radius 2 is 1.11 bits per heavy atom. The van der Waals surface area contributed by atoms with Crippen LogP contribution in [0.4, 0.5) is 0 Å². The Bertz CT molecular complexity index is 1040. The Morgan fingerprint density at radius 1 is 0.519 bits per heavy atom. The molecule has 4 aromatic carbocycles. The van der Waals surface area contributed by atoms with E-state index in [1.54, 1.807) is 0 Å². The van der Waals surface area contributed by atoms with Gasteiger partial charge in [0.1, 0.15) is 0 Å². The maximum absolute atomic E-state index is 4.29. The summed E-state index contributed by atoms with van der Waals surface area (Å²) in [5, 5.41) is 2.54. The van der Waals surface area contributed by atoms with Crippen LogP contribution in [0.15, 0.2) is 83.8 Å². The van der Waals surface area contributed by atoms with Gasteiger partial charge in [0.25, 0.3) is 0 Å². The lowest BCUT2D eigenvalue weighted by atomic mass is 9.95. The summed E-state index contributed by atoms with van der Waals surface area (Å²) >= 11 is 4.29. The molecule has 0 amide bonds. The first-order valence-electron chi connectivity index (χ1n) is 9.27. The highest BCUT2D eigenvalue weighted by Gasteiger charge is 2.04. The molecule has 0 N–H and O–H groups in total. The summed E-state index contributed by atoms with van der Waals surface area (Å²) in [7, 11) is 0. The van der Waals surface area contributed by atoms with Crippen molar-refractivity contribution in [3.63, 3.8) is 0 Å². The summed E-state index contributed by atoms with van der Waals surface area (Å²) in [4.78, 5) is 1.02. The van der Waals surface area contributed by atoms with Gasteiger partial charge in [-0.1, -0.05) is 77.9 Å². The highest BCUT2D eigenvalue weighted by molar-refractivity contribution is 7.80. The van der Waals surface area contributed by atoms with Crippen LogP contribution in [0.1, 0.15) is 22.3 Å². The van der Waals surface area contributed by atoms with E-state index < -0.39 is 0 Å². The number of hydrogen-bond acceptors (Lipinski definition) is 1. The summed E-state index contributed by atoms with van der Waals surface area (Å²) in [5.41, 5.74) is 8.00. The van der Waals surface area contributed by atoms with Crippen molar-refractivity contribution >= 4 is 23.4 Å². The zero-order valence-electron chi connectivity index (χ0n) is 16.5. The third-order valence-electron chi connectivity index (χ3n) is 4.81. The van der Waals surface area contributed by atoms with E-state index in [-0.39, 0.29) is 0 Å². The van der Waals surface area contributed by atoms with Crippen LogP contribution in [0, 0.1) is 27.7 Å². The second kappa shape index (κ2) is 8.45. The molecule has 136 valence electrons. The molecule has 0 fully saturated rings. The van der Waals surface area contributed by atoms with E-state index >= 15 is 0 Å². The predicted molar refractivity (Wildman–Crippen MR) is 122 cm³/mol. The summed E-state index contributed by atoms with van der Waals surface area (Å²) in [5.74, 6) is 0. The fourth-order valence-corrected chi connectivity index (χ4v) is 3.47. The van der Waals surface area contributed by atoms with Crippen molar-refractivity contribution in [2.75, 3.05) is 0 Å². The number of aryl methyl sites for hydroxylation is 4. The Labute approximate surface area is 168 Å². The summed E-state index contributed by atoms with van der Waals surface area (Å²) in [6.45, 7) is 8.58. The monoisotopic (exact) mass is 370 g/mol. The van der Waals surface area contributed by atoms with Crippen LogP contribution in [0.3, 0.4) is 0 Å². The van der Waals surface area contributed by atoms with Crippen molar-refractivity contribution in [1.29, 1.82) is 0 Å². The molecule has 0 nitrogen and oxygen atoms in total. The maximum atomic E-state index is 4.29. The van der Waals surface area contributed by atoms with Crippen LogP contribution < -0.4 is 0 Å². The highest BCUT2D eigenvalue weighted by Crippen LogP contribution is 2.27. The minimum atomic E-state index is 1.02. The molecule has 4 aromatic rings. The van der Waals surface area contributed by atoms with Crippen molar-refractivity contribution in [3.05, 3.63) is 101 Å². The molecule has 0 unspecified atom stereocenters. The molecule has 27 heavy (non-hydrogen) atoms. The van der Waals surface area contributed by atoms with Gasteiger partial charge in [0.2, 0.25) is 0 Å². The quantitative estimate of drug-likeness (QED) is 0.326. The van der Waals surface area contributed by atoms with Gasteiger partial charge >= 0.3 is 0 Å². The second-order valence-electron chi connectivity index (χ2n) is 7.17. The molecule has 0 saturated carbocycles. The van der Waals surface area contributed by atoms with Crippen LogP contribution in [0.5, 0.6) is 0 Å². The van der Waals surface area contributed by atoms with E-state index in [9.17, 15) is 0 Å². The number of rotatable bonds is 1. The molecule has 0 aliphatic carbocycles. The first kappa shape index (κ1) is 19.3. The van der Waals surface area contributed by atoms with E-state index in [2.05, 4.69) is 113 Å². The van der Waals surface area contributed by atoms with Gasteiger partial charge < -0.3 is 0 Å². The van der Waals surface area contributed by atoms with E-state index in [0.29, 0.717) is 0 Å². The predicted octanol–water partition coefficient (Wildman–Crippen LogP) is 7.72. The Kier molecular flexibility index (Phi) is 6.03. The van der Waals surface area contributed by atoms with Crippen LogP contribution in [-0.4, -0.2) is 0 Å². The minimum Gasteiger partial charge on any atom is -0.143 e. The SMILES string of the molecule is Cc1ccc(C)c(-c2ccccc2C)c1.Cc1ccc2cc(S)ccc2c1. The molecular weight excluding hydrogens is 344 g/mol. The van der Waals surface area contributed by atoms with Gasteiger partial charge in [-0.25, -0.2) is 0 Å². The van der Waals surface area contributed by atoms with E-state index in [0.717, 1.165) is 4.90 Å². The third kappa shape index (κ3) is 4.81. The van der Waals surface area contributed by atoms with Crippen LogP contribution >= 0.6 is 12.6 Å². The van der Waals surface area contributed by atoms with Gasteiger partial charge in [-0.05, 0) is 72.9 Å². The average molecular weight is 371 g/mol. The highest BCUT2D eigenvalue weighted by atomic mass is 32.1. The fourth-order valence-electron chi connectivity index (χ4n) is 3.25.